The Kier molecular flexibility index (Phi) is 4.40. The van der Waals surface area contributed by atoms with Gasteiger partial charge in [0, 0.05) is 7.11 Å². The molecule has 0 atom stereocenters. The summed E-state index contributed by atoms with van der Waals surface area (Å²) in [4.78, 5) is 8.56. The predicted molar refractivity (Wildman–Crippen MR) is 75.9 cm³/mol. The monoisotopic (exact) mass is 428 g/mol. The van der Waals surface area contributed by atoms with Crippen LogP contribution in [0.5, 0.6) is 0 Å². The highest BCUT2D eigenvalue weighted by molar-refractivity contribution is 14.1. The average molecular weight is 429 g/mol. The van der Waals surface area contributed by atoms with Gasteiger partial charge in [-0.05, 0) is 44.6 Å². The molecule has 2 rings (SSSR count). The number of rotatable bonds is 3. The van der Waals surface area contributed by atoms with Gasteiger partial charge in [0.05, 0.1) is 26.6 Å². The lowest BCUT2D eigenvalue weighted by atomic mass is 10.3. The molecule has 0 radical (unpaired) electrons. The van der Waals surface area contributed by atoms with Crippen molar-refractivity contribution >= 4 is 50.1 Å². The molecule has 2 aromatic heterocycles. The van der Waals surface area contributed by atoms with E-state index in [1.54, 1.807) is 19.4 Å². The maximum absolute atomic E-state index is 6.05. The van der Waals surface area contributed by atoms with E-state index < -0.39 is 0 Å². The summed E-state index contributed by atoms with van der Waals surface area (Å²) >= 11 is 11.5. The van der Waals surface area contributed by atoms with Crippen molar-refractivity contribution in [3.8, 4) is 11.6 Å². The maximum Gasteiger partial charge on any atom is 0.198 e. The zero-order valence-corrected chi connectivity index (χ0v) is 13.2. The molecule has 2 heterocycles. The van der Waals surface area contributed by atoms with E-state index in [4.69, 9.17) is 20.8 Å². The molecular formula is C10H7BrClIN2O2. The van der Waals surface area contributed by atoms with Crippen LogP contribution < -0.4 is 0 Å². The van der Waals surface area contributed by atoms with Gasteiger partial charge in [0.25, 0.3) is 0 Å². The van der Waals surface area contributed by atoms with Gasteiger partial charge in [-0.2, -0.15) is 0 Å². The highest BCUT2D eigenvalue weighted by atomic mass is 127. The third-order valence-corrected chi connectivity index (χ3v) is 4.33. The van der Waals surface area contributed by atoms with Crippen LogP contribution in [0.25, 0.3) is 11.6 Å². The van der Waals surface area contributed by atoms with Crippen LogP contribution in [0.1, 0.15) is 5.69 Å². The molecule has 17 heavy (non-hydrogen) atoms. The van der Waals surface area contributed by atoms with Crippen molar-refractivity contribution in [2.24, 2.45) is 0 Å². The van der Waals surface area contributed by atoms with E-state index in [2.05, 4.69) is 48.5 Å². The van der Waals surface area contributed by atoms with Crippen LogP contribution >= 0.6 is 50.1 Å². The van der Waals surface area contributed by atoms with Crippen molar-refractivity contribution in [2.45, 2.75) is 6.61 Å². The molecule has 0 spiro atoms. The number of hydrogen-bond acceptors (Lipinski definition) is 4. The van der Waals surface area contributed by atoms with Gasteiger partial charge < -0.3 is 9.15 Å². The van der Waals surface area contributed by atoms with Crippen LogP contribution in [0.15, 0.2) is 21.2 Å². The molecule has 90 valence electrons. The minimum atomic E-state index is 0.381. The minimum absolute atomic E-state index is 0.381. The number of methoxy groups -OCH3 is 1. The van der Waals surface area contributed by atoms with Gasteiger partial charge in [-0.15, -0.1) is 0 Å². The molecule has 0 unspecified atom stereocenters. The molecule has 2 aromatic rings. The largest absolute Gasteiger partial charge is 0.460 e. The zero-order valence-electron chi connectivity index (χ0n) is 8.71. The normalized spacial score (nSPS) is 10.8. The molecule has 0 saturated heterocycles. The van der Waals surface area contributed by atoms with Crippen molar-refractivity contribution in [1.29, 1.82) is 0 Å². The van der Waals surface area contributed by atoms with E-state index >= 15 is 0 Å². The van der Waals surface area contributed by atoms with Gasteiger partial charge in [0.1, 0.15) is 5.15 Å². The fourth-order valence-electron chi connectivity index (χ4n) is 1.25. The van der Waals surface area contributed by atoms with Crippen molar-refractivity contribution in [2.75, 3.05) is 7.11 Å². The predicted octanol–water partition coefficient (Wildman–Crippen LogP) is 3.90. The summed E-state index contributed by atoms with van der Waals surface area (Å²) in [5.74, 6) is 1.000. The number of ether oxygens (including phenoxy) is 1. The fourth-order valence-corrected chi connectivity index (χ4v) is 2.21. The van der Waals surface area contributed by atoms with Gasteiger partial charge in [-0.25, -0.2) is 9.97 Å². The van der Waals surface area contributed by atoms with Gasteiger partial charge >= 0.3 is 0 Å². The van der Waals surface area contributed by atoms with Crippen molar-refractivity contribution in [3.05, 3.63) is 31.2 Å². The van der Waals surface area contributed by atoms with E-state index in [1.807, 2.05) is 0 Å². The molecule has 0 aliphatic carbocycles. The Morgan fingerprint density at radius 2 is 2.29 bits per heavy atom. The second kappa shape index (κ2) is 5.64. The highest BCUT2D eigenvalue weighted by Crippen LogP contribution is 2.29. The lowest BCUT2D eigenvalue weighted by molar-refractivity contribution is 0.181. The topological polar surface area (TPSA) is 48.2 Å². The summed E-state index contributed by atoms with van der Waals surface area (Å²) in [6.07, 6.45) is 1.56. The second-order valence-corrected chi connectivity index (χ2v) is 5.42. The highest BCUT2D eigenvalue weighted by Gasteiger charge is 2.15. The Labute approximate surface area is 125 Å². The molecule has 0 bridgehead atoms. The third kappa shape index (κ3) is 2.81. The van der Waals surface area contributed by atoms with Crippen LogP contribution in [0.2, 0.25) is 5.15 Å². The van der Waals surface area contributed by atoms with Crippen LogP contribution in [0.3, 0.4) is 0 Å². The Balaban J connectivity index is 2.53. The van der Waals surface area contributed by atoms with Gasteiger partial charge in [-0.3, -0.25) is 0 Å². The first-order valence-electron chi connectivity index (χ1n) is 4.57. The first-order chi connectivity index (χ1) is 8.13. The fraction of sp³-hybridized carbons (Fsp3) is 0.200. The average Bonchev–Trinajstić information content (AvgIpc) is 2.71. The number of halogens is 3. The van der Waals surface area contributed by atoms with Gasteiger partial charge in [-0.1, -0.05) is 11.6 Å². The number of furan rings is 1. The van der Waals surface area contributed by atoms with E-state index in [-0.39, 0.29) is 0 Å². The Morgan fingerprint density at radius 3 is 2.88 bits per heavy atom. The van der Waals surface area contributed by atoms with Crippen molar-refractivity contribution in [1.82, 2.24) is 9.97 Å². The lowest BCUT2D eigenvalue weighted by Crippen LogP contribution is -2.01. The Morgan fingerprint density at radius 1 is 1.53 bits per heavy atom. The zero-order chi connectivity index (χ0) is 12.4. The molecule has 0 aliphatic rings. The third-order valence-electron chi connectivity index (χ3n) is 1.98. The molecule has 0 N–H and O–H groups in total. The molecule has 0 fully saturated rings. The molecule has 0 aromatic carbocycles. The van der Waals surface area contributed by atoms with Crippen LogP contribution in [-0.4, -0.2) is 17.1 Å². The van der Waals surface area contributed by atoms with E-state index in [0.717, 1.165) is 13.7 Å². The molecule has 0 amide bonds. The standard InChI is InChI=1S/C10H7BrClIN2O2/c1-16-4-6-7(13)9(12)15-10(14-6)8-5(11)2-3-17-8/h2-3H,4H2,1H3. The molecular weight excluding hydrogens is 422 g/mol. The minimum Gasteiger partial charge on any atom is -0.460 e. The summed E-state index contributed by atoms with van der Waals surface area (Å²) in [5.41, 5.74) is 0.742. The van der Waals surface area contributed by atoms with Crippen LogP contribution in [0, 0.1) is 3.57 Å². The van der Waals surface area contributed by atoms with Crippen LogP contribution in [-0.2, 0) is 11.3 Å². The van der Waals surface area contributed by atoms with Crippen molar-refractivity contribution < 1.29 is 9.15 Å². The SMILES string of the molecule is COCc1nc(-c2occc2Br)nc(Cl)c1I. The van der Waals surface area contributed by atoms with E-state index in [9.17, 15) is 0 Å². The summed E-state index contributed by atoms with van der Waals surface area (Å²) in [5, 5.41) is 0.394. The lowest BCUT2D eigenvalue weighted by Gasteiger charge is -2.06. The first-order valence-corrected chi connectivity index (χ1v) is 6.82. The molecule has 0 aliphatic heterocycles. The first kappa shape index (κ1) is 13.3. The van der Waals surface area contributed by atoms with Gasteiger partial charge in [0.2, 0.25) is 0 Å². The Hall–Kier alpha value is -0.180. The summed E-state index contributed by atoms with van der Waals surface area (Å²) in [6, 6.07) is 1.78. The van der Waals surface area contributed by atoms with Crippen molar-refractivity contribution in [3.63, 3.8) is 0 Å². The van der Waals surface area contributed by atoms with E-state index in [0.29, 0.717) is 23.3 Å². The second-order valence-electron chi connectivity index (χ2n) is 3.13. The molecule has 0 saturated carbocycles. The Bertz CT molecular complexity index is 547. The van der Waals surface area contributed by atoms with E-state index in [1.165, 1.54) is 0 Å². The smallest absolute Gasteiger partial charge is 0.198 e. The number of nitrogens with zero attached hydrogens (tertiary/aromatic N) is 2. The number of hydrogen-bond donors (Lipinski definition) is 0. The summed E-state index contributed by atoms with van der Waals surface area (Å²) in [6.45, 7) is 0.381. The maximum atomic E-state index is 6.05. The molecule has 4 nitrogen and oxygen atoms in total. The summed E-state index contributed by atoms with van der Waals surface area (Å²) in [7, 11) is 1.61. The van der Waals surface area contributed by atoms with Crippen LogP contribution in [0.4, 0.5) is 0 Å². The number of aromatic nitrogens is 2. The summed E-state index contributed by atoms with van der Waals surface area (Å²) < 4.78 is 12.0. The molecule has 7 heteroatoms. The van der Waals surface area contributed by atoms with Gasteiger partial charge in [0.15, 0.2) is 11.6 Å². The quantitative estimate of drug-likeness (QED) is 0.549.